The van der Waals surface area contributed by atoms with Crippen LogP contribution in [0.5, 0.6) is 5.75 Å². The molecule has 3 aromatic rings. The van der Waals surface area contributed by atoms with Crippen molar-refractivity contribution in [2.75, 3.05) is 13.1 Å². The molecule has 1 fully saturated rings. The topological polar surface area (TPSA) is 60.2 Å². The molecule has 0 spiro atoms. The van der Waals surface area contributed by atoms with Crippen molar-refractivity contribution in [1.82, 2.24) is 19.7 Å². The van der Waals surface area contributed by atoms with Gasteiger partial charge in [-0.2, -0.15) is 5.10 Å². The molecule has 0 saturated carbocycles. The minimum absolute atomic E-state index is 0.179. The van der Waals surface area contributed by atoms with Crippen LogP contribution in [-0.2, 0) is 26.1 Å². The quantitative estimate of drug-likeness (QED) is 0.551. The molecule has 0 aliphatic carbocycles. The first-order valence-corrected chi connectivity index (χ1v) is 10.6. The van der Waals surface area contributed by atoms with Crippen molar-refractivity contribution in [2.45, 2.75) is 39.0 Å². The third-order valence-electron chi connectivity index (χ3n) is 5.26. The lowest BCUT2D eigenvalue weighted by atomic mass is 10.1. The zero-order valence-electron chi connectivity index (χ0n) is 16.8. The molecule has 0 amide bonds. The Bertz CT molecular complexity index is 1010. The molecule has 156 valence electrons. The highest BCUT2D eigenvalue weighted by atomic mass is 35.5. The van der Waals surface area contributed by atoms with Crippen LogP contribution in [0, 0.1) is 0 Å². The normalized spacial score (nSPS) is 14.2. The van der Waals surface area contributed by atoms with Gasteiger partial charge in [0, 0.05) is 25.4 Å². The number of aryl methyl sites for hydroxylation is 2. The number of likely N-dealkylation sites (tertiary alicyclic amines) is 1. The molecule has 0 atom stereocenters. The van der Waals surface area contributed by atoms with E-state index in [1.54, 1.807) is 24.5 Å². The molecule has 1 saturated heterocycles. The number of ether oxygens (including phenoxy) is 1. The maximum absolute atomic E-state index is 12.3. The van der Waals surface area contributed by atoms with Crippen LogP contribution < -0.4 is 10.3 Å². The molecular weight excluding hydrogens is 400 g/mol. The van der Waals surface area contributed by atoms with Gasteiger partial charge in [-0.1, -0.05) is 35.9 Å². The molecule has 2 aromatic heterocycles. The molecule has 0 bridgehead atoms. The summed E-state index contributed by atoms with van der Waals surface area (Å²) in [4.78, 5) is 19.0. The Kier molecular flexibility index (Phi) is 6.77. The molecular formula is C23H25ClN4O2. The van der Waals surface area contributed by atoms with E-state index in [9.17, 15) is 4.79 Å². The van der Waals surface area contributed by atoms with Crippen molar-refractivity contribution < 1.29 is 4.74 Å². The first-order chi connectivity index (χ1) is 14.7. The maximum Gasteiger partial charge on any atom is 0.270 e. The van der Waals surface area contributed by atoms with Crippen molar-refractivity contribution in [1.29, 1.82) is 0 Å². The van der Waals surface area contributed by atoms with Crippen LogP contribution in [0.4, 0.5) is 0 Å². The number of hydrogen-bond donors (Lipinski definition) is 0. The number of nitrogens with zero attached hydrogens (tertiary/aromatic N) is 4. The lowest BCUT2D eigenvalue weighted by Crippen LogP contribution is -2.23. The Labute approximate surface area is 181 Å². The van der Waals surface area contributed by atoms with Crippen molar-refractivity contribution >= 4 is 11.6 Å². The summed E-state index contributed by atoms with van der Waals surface area (Å²) in [5, 5.41) is 4.81. The third kappa shape index (κ3) is 5.68. The Hall–Kier alpha value is -2.70. The summed E-state index contributed by atoms with van der Waals surface area (Å²) in [7, 11) is 0. The number of rotatable bonds is 8. The van der Waals surface area contributed by atoms with Gasteiger partial charge in [-0.25, -0.2) is 4.68 Å². The van der Waals surface area contributed by atoms with Gasteiger partial charge in [-0.3, -0.25) is 14.7 Å². The van der Waals surface area contributed by atoms with E-state index >= 15 is 0 Å². The van der Waals surface area contributed by atoms with E-state index in [1.807, 2.05) is 0 Å². The molecule has 1 aliphatic rings. The molecule has 0 radical (unpaired) electrons. The predicted molar refractivity (Wildman–Crippen MR) is 117 cm³/mol. The van der Waals surface area contributed by atoms with Crippen LogP contribution >= 0.6 is 11.6 Å². The molecule has 0 N–H and O–H groups in total. The number of halogens is 1. The largest absolute Gasteiger partial charge is 0.485 e. The van der Waals surface area contributed by atoms with Crippen LogP contribution in [0.25, 0.3) is 0 Å². The Morgan fingerprint density at radius 1 is 1.00 bits per heavy atom. The van der Waals surface area contributed by atoms with Crippen LogP contribution in [0.15, 0.2) is 59.7 Å². The zero-order chi connectivity index (χ0) is 20.8. The Morgan fingerprint density at radius 3 is 2.47 bits per heavy atom. The van der Waals surface area contributed by atoms with Crippen LogP contribution in [-0.4, -0.2) is 32.8 Å². The highest BCUT2D eigenvalue weighted by molar-refractivity contribution is 6.30. The summed E-state index contributed by atoms with van der Waals surface area (Å²) >= 11 is 5.82. The summed E-state index contributed by atoms with van der Waals surface area (Å²) in [6.07, 6.45) is 6.50. The van der Waals surface area contributed by atoms with Gasteiger partial charge in [0.05, 0.1) is 16.9 Å². The van der Waals surface area contributed by atoms with E-state index in [2.05, 4.69) is 39.2 Å². The molecule has 7 heteroatoms. The van der Waals surface area contributed by atoms with Crippen molar-refractivity contribution in [3.05, 3.63) is 87.1 Å². The Balaban J connectivity index is 1.29. The first kappa shape index (κ1) is 20.6. The van der Waals surface area contributed by atoms with E-state index in [1.165, 1.54) is 47.8 Å². The van der Waals surface area contributed by atoms with Crippen molar-refractivity contribution in [3.8, 4) is 5.75 Å². The molecule has 6 nitrogen and oxygen atoms in total. The zero-order valence-corrected chi connectivity index (χ0v) is 17.6. The Morgan fingerprint density at radius 2 is 1.77 bits per heavy atom. The van der Waals surface area contributed by atoms with Crippen LogP contribution in [0.3, 0.4) is 0 Å². The van der Waals surface area contributed by atoms with Gasteiger partial charge < -0.3 is 4.74 Å². The molecule has 0 unspecified atom stereocenters. The fourth-order valence-electron chi connectivity index (χ4n) is 3.56. The minimum Gasteiger partial charge on any atom is -0.485 e. The third-order valence-corrected chi connectivity index (χ3v) is 5.48. The first-order valence-electron chi connectivity index (χ1n) is 10.3. The van der Waals surface area contributed by atoms with Crippen molar-refractivity contribution in [3.63, 3.8) is 0 Å². The van der Waals surface area contributed by atoms with Crippen molar-refractivity contribution in [2.24, 2.45) is 0 Å². The van der Waals surface area contributed by atoms with E-state index < -0.39 is 0 Å². The summed E-state index contributed by atoms with van der Waals surface area (Å²) in [6, 6.07) is 13.7. The standard InChI is InChI=1S/C23H25ClN4O2/c24-20-7-8-21(25-14-20)17-30-22-13-23(29)28(26-15-22)12-9-18-3-5-19(6-4-18)16-27-10-1-2-11-27/h3-8,13-15H,1-2,9-12,16-17H2. The molecule has 30 heavy (non-hydrogen) atoms. The van der Waals surface area contributed by atoms with Crippen LogP contribution in [0.2, 0.25) is 5.02 Å². The van der Waals surface area contributed by atoms with Gasteiger partial charge in [0.1, 0.15) is 12.4 Å². The average Bonchev–Trinajstić information content (AvgIpc) is 3.27. The highest BCUT2D eigenvalue weighted by Gasteiger charge is 2.11. The van der Waals surface area contributed by atoms with E-state index in [0.29, 0.717) is 17.3 Å². The summed E-state index contributed by atoms with van der Waals surface area (Å²) in [6.45, 7) is 4.21. The summed E-state index contributed by atoms with van der Waals surface area (Å²) < 4.78 is 7.08. The SMILES string of the molecule is O=c1cc(OCc2ccc(Cl)cn2)cnn1CCc1ccc(CN2CCCC2)cc1. The van der Waals surface area contributed by atoms with Gasteiger partial charge in [-0.05, 0) is 55.6 Å². The predicted octanol–water partition coefficient (Wildman–Crippen LogP) is 3.71. The summed E-state index contributed by atoms with van der Waals surface area (Å²) in [5.74, 6) is 0.430. The second kappa shape index (κ2) is 9.87. The molecule has 4 rings (SSSR count). The van der Waals surface area contributed by atoms with Gasteiger partial charge in [0.25, 0.3) is 5.56 Å². The summed E-state index contributed by atoms with van der Waals surface area (Å²) in [5.41, 5.74) is 3.09. The molecule has 1 aliphatic heterocycles. The van der Waals surface area contributed by atoms with Gasteiger partial charge in [0.2, 0.25) is 0 Å². The van der Waals surface area contributed by atoms with Gasteiger partial charge in [-0.15, -0.1) is 0 Å². The van der Waals surface area contributed by atoms with E-state index in [-0.39, 0.29) is 12.2 Å². The fraction of sp³-hybridized carbons (Fsp3) is 0.348. The smallest absolute Gasteiger partial charge is 0.270 e. The average molecular weight is 425 g/mol. The maximum atomic E-state index is 12.3. The molecule has 1 aromatic carbocycles. The lowest BCUT2D eigenvalue weighted by Gasteiger charge is -2.14. The van der Waals surface area contributed by atoms with E-state index in [0.717, 1.165) is 18.7 Å². The number of benzene rings is 1. The number of aromatic nitrogens is 3. The lowest BCUT2D eigenvalue weighted by molar-refractivity contribution is 0.297. The van der Waals surface area contributed by atoms with Gasteiger partial charge in [0.15, 0.2) is 0 Å². The number of pyridine rings is 1. The second-order valence-corrected chi connectivity index (χ2v) is 8.00. The number of hydrogen-bond acceptors (Lipinski definition) is 5. The highest BCUT2D eigenvalue weighted by Crippen LogP contribution is 2.14. The second-order valence-electron chi connectivity index (χ2n) is 7.56. The monoisotopic (exact) mass is 424 g/mol. The van der Waals surface area contributed by atoms with E-state index in [4.69, 9.17) is 16.3 Å². The fourth-order valence-corrected chi connectivity index (χ4v) is 3.67. The van der Waals surface area contributed by atoms with Gasteiger partial charge >= 0.3 is 0 Å². The minimum atomic E-state index is -0.179. The molecule has 3 heterocycles. The van der Waals surface area contributed by atoms with Crippen LogP contribution in [0.1, 0.15) is 29.7 Å².